The summed E-state index contributed by atoms with van der Waals surface area (Å²) >= 11 is 0. The number of hydrogen-bond donors (Lipinski definition) is 1. The van der Waals surface area contributed by atoms with E-state index in [9.17, 15) is 9.90 Å². The van der Waals surface area contributed by atoms with Gasteiger partial charge in [0, 0.05) is 6.42 Å². The van der Waals surface area contributed by atoms with Gasteiger partial charge in [-0.3, -0.25) is 4.79 Å². The van der Waals surface area contributed by atoms with Crippen molar-refractivity contribution in [3.63, 3.8) is 0 Å². The van der Waals surface area contributed by atoms with Crippen LogP contribution in [0.1, 0.15) is 45.4 Å². The third-order valence-electron chi connectivity index (χ3n) is 2.37. The molecule has 1 aliphatic heterocycles. The van der Waals surface area contributed by atoms with E-state index in [1.807, 2.05) is 0 Å². The predicted molar refractivity (Wildman–Crippen MR) is 49.3 cm³/mol. The van der Waals surface area contributed by atoms with Crippen molar-refractivity contribution in [2.45, 2.75) is 57.7 Å². The zero-order valence-corrected chi connectivity index (χ0v) is 8.16. The smallest absolute Gasteiger partial charge is 0.308 e. The second-order valence-electron chi connectivity index (χ2n) is 3.70. The van der Waals surface area contributed by atoms with Crippen molar-refractivity contribution in [2.75, 3.05) is 0 Å². The largest absolute Gasteiger partial charge is 0.462 e. The first kappa shape index (κ1) is 10.5. The number of rotatable bonds is 4. The third kappa shape index (κ3) is 3.77. The summed E-state index contributed by atoms with van der Waals surface area (Å²) in [6.07, 6.45) is 4.60. The highest BCUT2D eigenvalue weighted by molar-refractivity contribution is 5.70. The molecule has 0 aromatic carbocycles. The topological polar surface area (TPSA) is 46.5 Å². The Morgan fingerprint density at radius 3 is 2.92 bits per heavy atom. The van der Waals surface area contributed by atoms with Gasteiger partial charge < -0.3 is 9.84 Å². The first-order valence-corrected chi connectivity index (χ1v) is 5.10. The van der Waals surface area contributed by atoms with Gasteiger partial charge in [-0.05, 0) is 12.8 Å². The Balaban J connectivity index is 2.21. The Bertz CT molecular complexity index is 168. The number of carbonyl (C=O) groups is 1. The van der Waals surface area contributed by atoms with Crippen LogP contribution in [0.3, 0.4) is 0 Å². The fourth-order valence-corrected chi connectivity index (χ4v) is 1.66. The summed E-state index contributed by atoms with van der Waals surface area (Å²) in [5.41, 5.74) is 0. The average molecular weight is 186 g/mol. The highest BCUT2D eigenvalue weighted by atomic mass is 16.5. The van der Waals surface area contributed by atoms with Gasteiger partial charge in [-0.15, -0.1) is 0 Å². The zero-order chi connectivity index (χ0) is 9.68. The van der Waals surface area contributed by atoms with Crippen LogP contribution in [-0.4, -0.2) is 23.3 Å². The van der Waals surface area contributed by atoms with E-state index in [2.05, 4.69) is 6.92 Å². The Morgan fingerprint density at radius 1 is 1.54 bits per heavy atom. The number of ether oxygens (including phenoxy) is 1. The van der Waals surface area contributed by atoms with Gasteiger partial charge >= 0.3 is 5.97 Å². The van der Waals surface area contributed by atoms with Crippen LogP contribution in [-0.2, 0) is 9.53 Å². The number of aliphatic hydroxyl groups excluding tert-OH is 1. The van der Waals surface area contributed by atoms with Crippen LogP contribution in [0.2, 0.25) is 0 Å². The van der Waals surface area contributed by atoms with Gasteiger partial charge in [-0.25, -0.2) is 0 Å². The lowest BCUT2D eigenvalue weighted by Gasteiger charge is -2.25. The van der Waals surface area contributed by atoms with Crippen LogP contribution in [0, 0.1) is 0 Å². The molecular weight excluding hydrogens is 168 g/mol. The molecule has 1 aliphatic rings. The van der Waals surface area contributed by atoms with Gasteiger partial charge in [-0.1, -0.05) is 19.8 Å². The summed E-state index contributed by atoms with van der Waals surface area (Å²) in [6, 6.07) is 0. The van der Waals surface area contributed by atoms with Crippen LogP contribution >= 0.6 is 0 Å². The van der Waals surface area contributed by atoms with Crippen molar-refractivity contribution in [1.29, 1.82) is 0 Å². The van der Waals surface area contributed by atoms with Crippen LogP contribution in [0.15, 0.2) is 0 Å². The van der Waals surface area contributed by atoms with Crippen LogP contribution in [0.5, 0.6) is 0 Å². The molecule has 1 saturated heterocycles. The van der Waals surface area contributed by atoms with Crippen molar-refractivity contribution in [1.82, 2.24) is 0 Å². The maximum Gasteiger partial charge on any atom is 0.308 e. The summed E-state index contributed by atoms with van der Waals surface area (Å²) in [5.74, 6) is -0.250. The van der Waals surface area contributed by atoms with Crippen molar-refractivity contribution >= 4 is 5.97 Å². The van der Waals surface area contributed by atoms with Crippen LogP contribution in [0.25, 0.3) is 0 Å². The molecule has 0 saturated carbocycles. The van der Waals surface area contributed by atoms with Crippen molar-refractivity contribution in [3.05, 3.63) is 0 Å². The lowest BCUT2D eigenvalue weighted by atomic mass is 10.0. The SMILES string of the molecule is CCCCCC1CC(O)CC(=O)O1. The molecule has 3 nitrogen and oxygen atoms in total. The average Bonchev–Trinajstić information content (AvgIpc) is 2.03. The zero-order valence-electron chi connectivity index (χ0n) is 8.16. The highest BCUT2D eigenvalue weighted by Crippen LogP contribution is 2.19. The van der Waals surface area contributed by atoms with Crippen molar-refractivity contribution < 1.29 is 14.6 Å². The summed E-state index contributed by atoms with van der Waals surface area (Å²) in [5, 5.41) is 9.31. The standard InChI is InChI=1S/C10H18O3/c1-2-3-4-5-9-6-8(11)7-10(12)13-9/h8-9,11H,2-7H2,1H3. The summed E-state index contributed by atoms with van der Waals surface area (Å²) < 4.78 is 5.10. The van der Waals surface area contributed by atoms with Gasteiger partial charge in [0.15, 0.2) is 0 Å². The Labute approximate surface area is 79.1 Å². The molecule has 76 valence electrons. The number of cyclic esters (lactones) is 1. The molecule has 1 rings (SSSR count). The minimum atomic E-state index is -0.479. The van der Waals surface area contributed by atoms with Crippen molar-refractivity contribution in [3.8, 4) is 0 Å². The van der Waals surface area contributed by atoms with Gasteiger partial charge in [0.25, 0.3) is 0 Å². The molecule has 1 N–H and O–H groups in total. The molecule has 2 unspecified atom stereocenters. The Hall–Kier alpha value is -0.570. The third-order valence-corrected chi connectivity index (χ3v) is 2.37. The molecule has 13 heavy (non-hydrogen) atoms. The van der Waals surface area contributed by atoms with Gasteiger partial charge in [0.2, 0.25) is 0 Å². The fourth-order valence-electron chi connectivity index (χ4n) is 1.66. The molecular formula is C10H18O3. The molecule has 1 heterocycles. The van der Waals surface area contributed by atoms with E-state index in [4.69, 9.17) is 4.74 Å². The maximum atomic E-state index is 10.9. The molecule has 0 amide bonds. The van der Waals surface area contributed by atoms with E-state index in [-0.39, 0.29) is 18.5 Å². The number of esters is 1. The number of aliphatic hydroxyl groups is 1. The maximum absolute atomic E-state index is 10.9. The monoisotopic (exact) mass is 186 g/mol. The minimum absolute atomic E-state index is 0.0391. The van der Waals surface area contributed by atoms with Gasteiger partial charge in [-0.2, -0.15) is 0 Å². The lowest BCUT2D eigenvalue weighted by molar-refractivity contribution is -0.160. The van der Waals surface area contributed by atoms with Crippen LogP contribution in [0.4, 0.5) is 0 Å². The fraction of sp³-hybridized carbons (Fsp3) is 0.900. The lowest BCUT2D eigenvalue weighted by Crippen LogP contribution is -2.32. The minimum Gasteiger partial charge on any atom is -0.462 e. The van der Waals surface area contributed by atoms with E-state index in [1.54, 1.807) is 0 Å². The normalized spacial score (nSPS) is 28.6. The van der Waals surface area contributed by atoms with E-state index in [0.29, 0.717) is 6.42 Å². The van der Waals surface area contributed by atoms with Crippen molar-refractivity contribution in [2.24, 2.45) is 0 Å². The molecule has 3 heteroatoms. The molecule has 0 aromatic heterocycles. The van der Waals surface area contributed by atoms with Gasteiger partial charge in [0.1, 0.15) is 6.10 Å². The van der Waals surface area contributed by atoms with E-state index >= 15 is 0 Å². The number of carbonyl (C=O) groups excluding carboxylic acids is 1. The summed E-state index contributed by atoms with van der Waals surface area (Å²) in [7, 11) is 0. The highest BCUT2D eigenvalue weighted by Gasteiger charge is 2.26. The molecule has 0 bridgehead atoms. The number of unbranched alkanes of at least 4 members (excludes halogenated alkanes) is 2. The van der Waals surface area contributed by atoms with Crippen LogP contribution < -0.4 is 0 Å². The van der Waals surface area contributed by atoms with E-state index in [1.165, 1.54) is 12.8 Å². The molecule has 0 spiro atoms. The molecule has 0 radical (unpaired) electrons. The van der Waals surface area contributed by atoms with E-state index < -0.39 is 6.10 Å². The Morgan fingerprint density at radius 2 is 2.31 bits per heavy atom. The second-order valence-corrected chi connectivity index (χ2v) is 3.70. The molecule has 1 fully saturated rings. The summed E-state index contributed by atoms with van der Waals surface area (Å²) in [6.45, 7) is 2.14. The number of hydrogen-bond acceptors (Lipinski definition) is 3. The Kier molecular flexibility index (Phi) is 4.22. The first-order chi connectivity index (χ1) is 6.22. The van der Waals surface area contributed by atoms with E-state index in [0.717, 1.165) is 12.8 Å². The first-order valence-electron chi connectivity index (χ1n) is 5.10. The second kappa shape index (κ2) is 5.22. The predicted octanol–water partition coefficient (Wildman–Crippen LogP) is 1.63. The molecule has 0 aromatic rings. The molecule has 2 atom stereocenters. The molecule has 0 aliphatic carbocycles. The quantitative estimate of drug-likeness (QED) is 0.536. The summed E-state index contributed by atoms with van der Waals surface area (Å²) in [4.78, 5) is 10.9. The van der Waals surface area contributed by atoms with Gasteiger partial charge in [0.05, 0.1) is 12.5 Å².